The van der Waals surface area contributed by atoms with Crippen molar-refractivity contribution in [1.29, 1.82) is 0 Å². The smallest absolute Gasteiger partial charge is 0.193 e. The zero-order valence-corrected chi connectivity index (χ0v) is 15.7. The summed E-state index contributed by atoms with van der Waals surface area (Å²) < 4.78 is 5.11. The normalized spacial score (nSPS) is 16.3. The molecular weight excluding hydrogens is 401 g/mol. The van der Waals surface area contributed by atoms with Gasteiger partial charge in [-0.15, -0.1) is 24.0 Å². The van der Waals surface area contributed by atoms with Crippen LogP contribution in [0.15, 0.2) is 23.2 Å². The molecular formula is C15H23ClIN3O. The molecule has 0 aliphatic heterocycles. The highest BCUT2D eigenvalue weighted by Gasteiger charge is 2.45. The predicted molar refractivity (Wildman–Crippen MR) is 100 cm³/mol. The summed E-state index contributed by atoms with van der Waals surface area (Å²) in [5.74, 6) is 1.72. The van der Waals surface area contributed by atoms with Gasteiger partial charge in [-0.05, 0) is 42.4 Å². The second kappa shape index (κ2) is 7.54. The maximum absolute atomic E-state index is 6.07. The van der Waals surface area contributed by atoms with Crippen molar-refractivity contribution in [2.24, 2.45) is 22.1 Å². The van der Waals surface area contributed by atoms with Gasteiger partial charge >= 0.3 is 0 Å². The van der Waals surface area contributed by atoms with Gasteiger partial charge in [0.1, 0.15) is 5.75 Å². The average molecular weight is 424 g/mol. The number of aliphatic imine (C=N–C) groups is 1. The minimum atomic E-state index is 0. The van der Waals surface area contributed by atoms with Crippen molar-refractivity contribution in [3.63, 3.8) is 0 Å². The molecule has 0 aromatic heterocycles. The van der Waals surface area contributed by atoms with E-state index in [4.69, 9.17) is 22.1 Å². The number of ether oxygens (including phenoxy) is 1. The van der Waals surface area contributed by atoms with Crippen molar-refractivity contribution < 1.29 is 4.74 Å². The summed E-state index contributed by atoms with van der Waals surface area (Å²) in [6.07, 6.45) is 2.49. The Bertz CT molecular complexity index is 516. The first-order valence-electron chi connectivity index (χ1n) is 6.87. The highest BCUT2D eigenvalue weighted by atomic mass is 127. The fraction of sp³-hybridized carbons (Fsp3) is 0.533. The third-order valence-electron chi connectivity index (χ3n) is 4.11. The second-order valence-electron chi connectivity index (χ2n) is 5.69. The standard InChI is InChI=1S/C15H22ClN3O.HI/c1-10(2)15(6-7-15)9-18-14(17)19-11-4-5-13(20-3)12(16)8-11;/h4-5,8,10H,6-7,9H2,1-3H3,(H3,17,18,19);1H. The quantitative estimate of drug-likeness (QED) is 0.425. The highest BCUT2D eigenvalue weighted by Crippen LogP contribution is 2.51. The Hall–Kier alpha value is -0.690. The van der Waals surface area contributed by atoms with Crippen LogP contribution < -0.4 is 15.8 Å². The molecule has 118 valence electrons. The van der Waals surface area contributed by atoms with Gasteiger partial charge in [0.05, 0.1) is 12.1 Å². The zero-order chi connectivity index (χ0) is 14.8. The van der Waals surface area contributed by atoms with E-state index in [9.17, 15) is 0 Å². The monoisotopic (exact) mass is 423 g/mol. The van der Waals surface area contributed by atoms with E-state index in [1.165, 1.54) is 12.8 Å². The summed E-state index contributed by atoms with van der Waals surface area (Å²) >= 11 is 6.07. The molecule has 0 heterocycles. The van der Waals surface area contributed by atoms with Crippen LogP contribution in [0.4, 0.5) is 5.69 Å². The molecule has 1 aromatic rings. The molecule has 1 aliphatic rings. The van der Waals surface area contributed by atoms with E-state index >= 15 is 0 Å². The summed E-state index contributed by atoms with van der Waals surface area (Å²) in [6, 6.07) is 5.44. The van der Waals surface area contributed by atoms with E-state index in [2.05, 4.69) is 24.2 Å². The highest BCUT2D eigenvalue weighted by molar-refractivity contribution is 14.0. The fourth-order valence-electron chi connectivity index (χ4n) is 2.25. The number of nitrogens with zero attached hydrogens (tertiary/aromatic N) is 1. The van der Waals surface area contributed by atoms with Crippen LogP contribution >= 0.6 is 35.6 Å². The molecule has 1 saturated carbocycles. The maximum Gasteiger partial charge on any atom is 0.193 e. The number of nitrogens with one attached hydrogen (secondary N) is 1. The number of anilines is 1. The number of guanidine groups is 1. The van der Waals surface area contributed by atoms with Crippen molar-refractivity contribution in [3.8, 4) is 5.75 Å². The van der Waals surface area contributed by atoms with E-state index < -0.39 is 0 Å². The summed E-state index contributed by atoms with van der Waals surface area (Å²) in [4.78, 5) is 4.46. The third-order valence-corrected chi connectivity index (χ3v) is 4.40. The van der Waals surface area contributed by atoms with Crippen LogP contribution in [0.3, 0.4) is 0 Å². The van der Waals surface area contributed by atoms with Crippen molar-refractivity contribution in [3.05, 3.63) is 23.2 Å². The molecule has 0 amide bonds. The Kier molecular flexibility index (Phi) is 6.59. The van der Waals surface area contributed by atoms with E-state index in [1.807, 2.05) is 6.07 Å². The largest absolute Gasteiger partial charge is 0.495 e. The predicted octanol–water partition coefficient (Wildman–Crippen LogP) is 4.13. The molecule has 21 heavy (non-hydrogen) atoms. The molecule has 6 heteroatoms. The lowest BCUT2D eigenvalue weighted by Crippen LogP contribution is -2.25. The van der Waals surface area contributed by atoms with Gasteiger partial charge in [-0.3, -0.25) is 4.99 Å². The molecule has 0 saturated heterocycles. The summed E-state index contributed by atoms with van der Waals surface area (Å²) in [7, 11) is 1.59. The number of nitrogens with two attached hydrogens (primary N) is 1. The number of rotatable bonds is 5. The van der Waals surface area contributed by atoms with Gasteiger partial charge in [0.2, 0.25) is 0 Å². The van der Waals surface area contributed by atoms with E-state index in [1.54, 1.807) is 19.2 Å². The van der Waals surface area contributed by atoms with Crippen molar-refractivity contribution in [1.82, 2.24) is 0 Å². The van der Waals surface area contributed by atoms with E-state index in [-0.39, 0.29) is 24.0 Å². The van der Waals surface area contributed by atoms with Gasteiger partial charge < -0.3 is 15.8 Å². The molecule has 0 spiro atoms. The Labute approximate surface area is 148 Å². The summed E-state index contributed by atoms with van der Waals surface area (Å²) in [5.41, 5.74) is 7.10. The maximum atomic E-state index is 6.07. The van der Waals surface area contributed by atoms with Crippen LogP contribution in [-0.2, 0) is 0 Å². The lowest BCUT2D eigenvalue weighted by atomic mass is 9.93. The molecule has 1 fully saturated rings. The fourth-order valence-corrected chi connectivity index (χ4v) is 2.51. The van der Waals surface area contributed by atoms with Crippen molar-refractivity contribution in [2.75, 3.05) is 19.0 Å². The Balaban J connectivity index is 0.00000220. The minimum Gasteiger partial charge on any atom is -0.495 e. The van der Waals surface area contributed by atoms with Gasteiger partial charge in [-0.25, -0.2) is 0 Å². The van der Waals surface area contributed by atoms with Gasteiger partial charge in [0.25, 0.3) is 0 Å². The van der Waals surface area contributed by atoms with Crippen LogP contribution in [0.2, 0.25) is 5.02 Å². The third kappa shape index (κ3) is 4.64. The first-order chi connectivity index (χ1) is 9.47. The molecule has 2 rings (SSSR count). The first-order valence-corrected chi connectivity index (χ1v) is 7.25. The number of hydrogen-bond donors (Lipinski definition) is 2. The van der Waals surface area contributed by atoms with Crippen molar-refractivity contribution in [2.45, 2.75) is 26.7 Å². The zero-order valence-electron chi connectivity index (χ0n) is 12.6. The van der Waals surface area contributed by atoms with E-state index in [0.29, 0.717) is 28.1 Å². The number of halogens is 2. The van der Waals surface area contributed by atoms with Gasteiger partial charge in [0.15, 0.2) is 5.96 Å². The summed E-state index contributed by atoms with van der Waals surface area (Å²) in [6.45, 7) is 5.28. The Morgan fingerprint density at radius 3 is 2.62 bits per heavy atom. The topological polar surface area (TPSA) is 59.6 Å². The molecule has 0 unspecified atom stereocenters. The second-order valence-corrected chi connectivity index (χ2v) is 6.10. The van der Waals surface area contributed by atoms with Gasteiger partial charge in [-0.2, -0.15) is 0 Å². The minimum absolute atomic E-state index is 0. The molecule has 0 radical (unpaired) electrons. The van der Waals surface area contributed by atoms with Crippen molar-refractivity contribution >= 4 is 47.2 Å². The van der Waals surface area contributed by atoms with Gasteiger partial charge in [0, 0.05) is 12.2 Å². The van der Waals surface area contributed by atoms with Crippen LogP contribution in [0, 0.1) is 11.3 Å². The van der Waals surface area contributed by atoms with E-state index in [0.717, 1.165) is 12.2 Å². The average Bonchev–Trinajstić information content (AvgIpc) is 3.18. The van der Waals surface area contributed by atoms with Crippen LogP contribution in [-0.4, -0.2) is 19.6 Å². The van der Waals surface area contributed by atoms with Crippen LogP contribution in [0.1, 0.15) is 26.7 Å². The molecule has 1 aliphatic carbocycles. The molecule has 0 bridgehead atoms. The Morgan fingerprint density at radius 2 is 2.14 bits per heavy atom. The SMILES string of the molecule is COc1ccc(NC(N)=NCC2(C(C)C)CC2)cc1Cl.I. The first kappa shape index (κ1) is 18.4. The lowest BCUT2D eigenvalue weighted by molar-refractivity contribution is 0.371. The lowest BCUT2D eigenvalue weighted by Gasteiger charge is -2.17. The molecule has 3 N–H and O–H groups in total. The Morgan fingerprint density at radius 1 is 1.48 bits per heavy atom. The molecule has 1 aromatic carbocycles. The van der Waals surface area contributed by atoms with Crippen LogP contribution in [0.25, 0.3) is 0 Å². The summed E-state index contributed by atoms with van der Waals surface area (Å²) in [5, 5.41) is 3.61. The molecule has 4 nitrogen and oxygen atoms in total. The van der Waals surface area contributed by atoms with Gasteiger partial charge in [-0.1, -0.05) is 25.4 Å². The molecule has 0 atom stereocenters. The number of methoxy groups -OCH3 is 1. The van der Waals surface area contributed by atoms with Crippen LogP contribution in [0.5, 0.6) is 5.75 Å². The number of benzene rings is 1. The number of hydrogen-bond acceptors (Lipinski definition) is 2.